The number of ether oxygens (including phenoxy) is 1. The SMILES string of the molecule is CC1CN(C(=O)Cc2ccccc2)C(C)CO1. The van der Waals surface area contributed by atoms with E-state index >= 15 is 0 Å². The van der Waals surface area contributed by atoms with E-state index in [2.05, 4.69) is 0 Å². The second-order valence-corrected chi connectivity index (χ2v) is 4.70. The van der Waals surface area contributed by atoms with Crippen molar-refractivity contribution >= 4 is 5.91 Å². The number of hydrogen-bond acceptors (Lipinski definition) is 2. The lowest BCUT2D eigenvalue weighted by atomic mass is 10.1. The zero-order valence-corrected chi connectivity index (χ0v) is 10.4. The van der Waals surface area contributed by atoms with E-state index in [9.17, 15) is 4.79 Å². The summed E-state index contributed by atoms with van der Waals surface area (Å²) in [7, 11) is 0. The average Bonchev–Trinajstić information content (AvgIpc) is 2.33. The van der Waals surface area contributed by atoms with Crippen LogP contribution in [0.15, 0.2) is 30.3 Å². The van der Waals surface area contributed by atoms with Gasteiger partial charge in [-0.25, -0.2) is 0 Å². The van der Waals surface area contributed by atoms with Crippen LogP contribution in [0.2, 0.25) is 0 Å². The summed E-state index contributed by atoms with van der Waals surface area (Å²) in [6.45, 7) is 5.39. The molecule has 2 unspecified atom stereocenters. The average molecular weight is 233 g/mol. The molecule has 0 radical (unpaired) electrons. The Labute approximate surface area is 102 Å². The van der Waals surface area contributed by atoms with E-state index in [-0.39, 0.29) is 18.1 Å². The molecule has 3 nitrogen and oxygen atoms in total. The van der Waals surface area contributed by atoms with Crippen molar-refractivity contribution in [3.05, 3.63) is 35.9 Å². The first-order valence-corrected chi connectivity index (χ1v) is 6.12. The highest BCUT2D eigenvalue weighted by atomic mass is 16.5. The first kappa shape index (κ1) is 12.1. The van der Waals surface area contributed by atoms with E-state index in [4.69, 9.17) is 4.74 Å². The van der Waals surface area contributed by atoms with Crippen molar-refractivity contribution in [2.75, 3.05) is 13.2 Å². The van der Waals surface area contributed by atoms with Crippen LogP contribution in [0, 0.1) is 0 Å². The van der Waals surface area contributed by atoms with E-state index in [1.807, 2.05) is 49.1 Å². The normalized spacial score (nSPS) is 24.7. The molecule has 2 rings (SSSR count). The van der Waals surface area contributed by atoms with Gasteiger partial charge in [0.25, 0.3) is 0 Å². The lowest BCUT2D eigenvalue weighted by Crippen LogP contribution is -2.50. The van der Waals surface area contributed by atoms with Crippen molar-refractivity contribution < 1.29 is 9.53 Å². The van der Waals surface area contributed by atoms with Crippen LogP contribution < -0.4 is 0 Å². The summed E-state index contributed by atoms with van der Waals surface area (Å²) in [6.07, 6.45) is 0.628. The van der Waals surface area contributed by atoms with Gasteiger partial charge in [0.05, 0.1) is 25.2 Å². The van der Waals surface area contributed by atoms with Gasteiger partial charge < -0.3 is 9.64 Å². The highest BCUT2D eigenvalue weighted by Crippen LogP contribution is 2.13. The van der Waals surface area contributed by atoms with Crippen LogP contribution in [-0.4, -0.2) is 36.1 Å². The molecule has 0 spiro atoms. The van der Waals surface area contributed by atoms with Crippen molar-refractivity contribution in [2.45, 2.75) is 32.4 Å². The molecule has 0 N–H and O–H groups in total. The molecular weight excluding hydrogens is 214 g/mol. The fourth-order valence-corrected chi connectivity index (χ4v) is 2.12. The summed E-state index contributed by atoms with van der Waals surface area (Å²) in [5.74, 6) is 0.193. The second-order valence-electron chi connectivity index (χ2n) is 4.70. The van der Waals surface area contributed by atoms with Crippen LogP contribution in [0.1, 0.15) is 19.4 Å². The Balaban J connectivity index is 1.99. The third-order valence-electron chi connectivity index (χ3n) is 3.13. The number of carbonyl (C=O) groups is 1. The Morgan fingerprint density at radius 2 is 2.06 bits per heavy atom. The van der Waals surface area contributed by atoms with Crippen molar-refractivity contribution in [1.29, 1.82) is 0 Å². The highest BCUT2D eigenvalue weighted by molar-refractivity contribution is 5.79. The molecule has 17 heavy (non-hydrogen) atoms. The van der Waals surface area contributed by atoms with Crippen molar-refractivity contribution in [2.24, 2.45) is 0 Å². The fraction of sp³-hybridized carbons (Fsp3) is 0.500. The molecule has 1 fully saturated rings. The van der Waals surface area contributed by atoms with Crippen LogP contribution >= 0.6 is 0 Å². The van der Waals surface area contributed by atoms with E-state index in [1.54, 1.807) is 0 Å². The summed E-state index contributed by atoms with van der Waals surface area (Å²) in [6, 6.07) is 10.1. The van der Waals surface area contributed by atoms with E-state index in [0.29, 0.717) is 19.6 Å². The van der Waals surface area contributed by atoms with Gasteiger partial charge in [-0.2, -0.15) is 0 Å². The molecule has 0 aliphatic carbocycles. The summed E-state index contributed by atoms with van der Waals surface area (Å²) >= 11 is 0. The van der Waals surface area contributed by atoms with Crippen molar-refractivity contribution in [1.82, 2.24) is 4.90 Å². The number of rotatable bonds is 2. The zero-order valence-electron chi connectivity index (χ0n) is 10.4. The molecule has 1 aliphatic rings. The molecule has 1 aromatic rings. The quantitative estimate of drug-likeness (QED) is 0.780. The molecule has 0 bridgehead atoms. The smallest absolute Gasteiger partial charge is 0.227 e. The van der Waals surface area contributed by atoms with Crippen LogP contribution in [-0.2, 0) is 16.0 Å². The van der Waals surface area contributed by atoms with Crippen LogP contribution in [0.25, 0.3) is 0 Å². The van der Waals surface area contributed by atoms with Gasteiger partial charge >= 0.3 is 0 Å². The van der Waals surface area contributed by atoms with E-state index in [1.165, 1.54) is 0 Å². The molecule has 92 valence electrons. The maximum absolute atomic E-state index is 12.2. The topological polar surface area (TPSA) is 29.5 Å². The Morgan fingerprint density at radius 1 is 1.35 bits per heavy atom. The Bertz CT molecular complexity index is 377. The first-order valence-electron chi connectivity index (χ1n) is 6.12. The number of benzene rings is 1. The lowest BCUT2D eigenvalue weighted by Gasteiger charge is -2.36. The van der Waals surface area contributed by atoms with Gasteiger partial charge in [-0.1, -0.05) is 30.3 Å². The largest absolute Gasteiger partial charge is 0.375 e. The number of hydrogen-bond donors (Lipinski definition) is 0. The minimum Gasteiger partial charge on any atom is -0.375 e. The number of morpholine rings is 1. The third-order valence-corrected chi connectivity index (χ3v) is 3.13. The van der Waals surface area contributed by atoms with Crippen LogP contribution in [0.4, 0.5) is 0 Å². The lowest BCUT2D eigenvalue weighted by molar-refractivity contribution is -0.142. The molecular formula is C14H19NO2. The molecule has 1 aromatic carbocycles. The maximum atomic E-state index is 12.2. The molecule has 0 saturated carbocycles. The maximum Gasteiger partial charge on any atom is 0.227 e. The standard InChI is InChI=1S/C14H19NO2/c1-11-10-17-12(2)9-15(11)14(16)8-13-6-4-3-5-7-13/h3-7,11-12H,8-10H2,1-2H3. The second kappa shape index (κ2) is 5.32. The van der Waals surface area contributed by atoms with E-state index in [0.717, 1.165) is 5.56 Å². The van der Waals surface area contributed by atoms with Gasteiger partial charge in [0, 0.05) is 6.54 Å². The Morgan fingerprint density at radius 3 is 2.76 bits per heavy atom. The molecule has 3 heteroatoms. The molecule has 1 amide bonds. The van der Waals surface area contributed by atoms with Crippen molar-refractivity contribution in [3.8, 4) is 0 Å². The Kier molecular flexibility index (Phi) is 3.79. The monoisotopic (exact) mass is 233 g/mol. The van der Waals surface area contributed by atoms with Gasteiger partial charge in [0.1, 0.15) is 0 Å². The summed E-state index contributed by atoms with van der Waals surface area (Å²) in [5.41, 5.74) is 1.07. The molecule has 1 heterocycles. The molecule has 2 atom stereocenters. The summed E-state index contributed by atoms with van der Waals surface area (Å²) in [4.78, 5) is 14.1. The number of carbonyl (C=O) groups excluding carboxylic acids is 1. The zero-order chi connectivity index (χ0) is 12.3. The molecule has 0 aromatic heterocycles. The van der Waals surface area contributed by atoms with Gasteiger partial charge in [0.2, 0.25) is 5.91 Å². The fourth-order valence-electron chi connectivity index (χ4n) is 2.12. The van der Waals surface area contributed by atoms with Crippen LogP contribution in [0.3, 0.4) is 0 Å². The Hall–Kier alpha value is -1.35. The van der Waals surface area contributed by atoms with Gasteiger partial charge in [-0.3, -0.25) is 4.79 Å². The predicted octanol–water partition coefficient (Wildman–Crippen LogP) is 1.86. The minimum absolute atomic E-state index is 0.144. The molecule has 1 aliphatic heterocycles. The molecule has 1 saturated heterocycles. The number of amides is 1. The van der Waals surface area contributed by atoms with Gasteiger partial charge in [-0.15, -0.1) is 0 Å². The van der Waals surface area contributed by atoms with Gasteiger partial charge in [-0.05, 0) is 19.4 Å². The first-order chi connectivity index (χ1) is 8.16. The summed E-state index contributed by atoms with van der Waals surface area (Å²) < 4.78 is 5.53. The third kappa shape index (κ3) is 3.07. The van der Waals surface area contributed by atoms with Crippen LogP contribution in [0.5, 0.6) is 0 Å². The van der Waals surface area contributed by atoms with Gasteiger partial charge in [0.15, 0.2) is 0 Å². The van der Waals surface area contributed by atoms with E-state index < -0.39 is 0 Å². The summed E-state index contributed by atoms with van der Waals surface area (Å²) in [5, 5.41) is 0. The highest BCUT2D eigenvalue weighted by Gasteiger charge is 2.27. The predicted molar refractivity (Wildman–Crippen MR) is 66.7 cm³/mol. The van der Waals surface area contributed by atoms with Crippen molar-refractivity contribution in [3.63, 3.8) is 0 Å². The minimum atomic E-state index is 0.144. The number of nitrogens with zero attached hydrogens (tertiary/aromatic N) is 1.